The van der Waals surface area contributed by atoms with E-state index < -0.39 is 0 Å². The molecule has 11 rings (SSSR count). The van der Waals surface area contributed by atoms with E-state index in [1.807, 2.05) is 42.6 Å². The van der Waals surface area contributed by atoms with Crippen LogP contribution < -0.4 is 0 Å². The second kappa shape index (κ2) is 10.9. The van der Waals surface area contributed by atoms with Gasteiger partial charge in [0.25, 0.3) is 0 Å². The Labute approximate surface area is 285 Å². The average molecular weight is 635 g/mol. The normalized spacial score (nSPS) is 22.5. The molecule has 4 fully saturated rings. The fourth-order valence-corrected chi connectivity index (χ4v) is 9.71. The monoisotopic (exact) mass is 634 g/mol. The Morgan fingerprint density at radius 2 is 1.14 bits per heavy atom. The van der Waals surface area contributed by atoms with Gasteiger partial charge in [-0.05, 0) is 109 Å². The molecule has 6 nitrogen and oxygen atoms in total. The van der Waals surface area contributed by atoms with Gasteiger partial charge in [-0.2, -0.15) is 15.2 Å². The quantitative estimate of drug-likeness (QED) is 0.188. The lowest BCUT2D eigenvalue weighted by Gasteiger charge is -2.57. The predicted molar refractivity (Wildman–Crippen MR) is 193 cm³/mol. The van der Waals surface area contributed by atoms with E-state index in [0.717, 1.165) is 61.9 Å². The second-order valence-electron chi connectivity index (χ2n) is 14.6. The number of hydrogen-bond donors (Lipinski definition) is 0. The Bertz CT molecular complexity index is 2330. The number of rotatable bonds is 5. The summed E-state index contributed by atoms with van der Waals surface area (Å²) in [4.78, 5) is 20.2. The highest BCUT2D eigenvalue weighted by atomic mass is 15.2. The predicted octanol–water partition coefficient (Wildman–Crippen LogP) is 9.70. The Kier molecular flexibility index (Phi) is 6.33. The van der Waals surface area contributed by atoms with Crippen molar-refractivity contribution < 1.29 is 0 Å². The van der Waals surface area contributed by atoms with Crippen LogP contribution in [0.25, 0.3) is 61.8 Å². The van der Waals surface area contributed by atoms with Crippen molar-refractivity contribution in [1.82, 2.24) is 24.5 Å². The van der Waals surface area contributed by atoms with Crippen LogP contribution in [0.3, 0.4) is 0 Å². The summed E-state index contributed by atoms with van der Waals surface area (Å²) in [5.74, 6) is 4.52. The molecule has 0 amide bonds. The highest BCUT2D eigenvalue weighted by Crippen LogP contribution is 2.60. The number of pyridine rings is 1. The van der Waals surface area contributed by atoms with Crippen molar-refractivity contribution in [3.05, 3.63) is 127 Å². The largest absolute Gasteiger partial charge is 0.262 e. The number of para-hydroxylation sites is 1. The van der Waals surface area contributed by atoms with E-state index in [0.29, 0.717) is 28.6 Å². The minimum absolute atomic E-state index is 0.341. The third kappa shape index (κ3) is 4.68. The molecular weight excluding hydrogens is 601 g/mol. The van der Waals surface area contributed by atoms with Gasteiger partial charge >= 0.3 is 0 Å². The molecule has 0 N–H and O–H groups in total. The molecule has 3 aromatic heterocycles. The second-order valence-corrected chi connectivity index (χ2v) is 14.6. The molecule has 0 saturated heterocycles. The SMILES string of the molecule is N#Cc1ccc(-c2ccc(-c3nc(-c4ccc(C56CC7CC(CC(C7)C5)C6)cc4)nc(-n4c5ccccc5c5cccnc54)n3)cc2)cc1. The van der Waals surface area contributed by atoms with Crippen LogP contribution in [0, 0.1) is 29.1 Å². The van der Waals surface area contributed by atoms with Gasteiger partial charge in [0.1, 0.15) is 5.65 Å². The molecule has 0 radical (unpaired) electrons. The highest BCUT2D eigenvalue weighted by Gasteiger charge is 2.51. The molecule has 0 atom stereocenters. The molecule has 4 bridgehead atoms. The zero-order valence-electron chi connectivity index (χ0n) is 27.1. The summed E-state index contributed by atoms with van der Waals surface area (Å²) in [5.41, 5.74) is 8.32. The first-order valence-corrected chi connectivity index (χ1v) is 17.4. The van der Waals surface area contributed by atoms with Gasteiger partial charge in [-0.15, -0.1) is 0 Å². The fraction of sp³-hybridized carbons (Fsp3) is 0.233. The number of benzene rings is 4. The van der Waals surface area contributed by atoms with Gasteiger partial charge in [0.2, 0.25) is 5.95 Å². The van der Waals surface area contributed by atoms with E-state index in [-0.39, 0.29) is 0 Å². The van der Waals surface area contributed by atoms with Crippen LogP contribution in [-0.2, 0) is 5.41 Å². The molecule has 4 aliphatic carbocycles. The third-order valence-corrected chi connectivity index (χ3v) is 11.5. The lowest BCUT2D eigenvalue weighted by atomic mass is 9.48. The van der Waals surface area contributed by atoms with Gasteiger partial charge in [-0.1, -0.05) is 78.9 Å². The fourth-order valence-electron chi connectivity index (χ4n) is 9.71. The molecule has 7 aromatic rings. The number of fused-ring (bicyclic) bond motifs is 3. The summed E-state index contributed by atoms with van der Waals surface area (Å²) in [7, 11) is 0. The Morgan fingerprint density at radius 1 is 0.592 bits per heavy atom. The van der Waals surface area contributed by atoms with Crippen LogP contribution in [0.4, 0.5) is 0 Å². The van der Waals surface area contributed by atoms with E-state index in [4.69, 9.17) is 19.9 Å². The van der Waals surface area contributed by atoms with E-state index in [9.17, 15) is 5.26 Å². The number of hydrogen-bond acceptors (Lipinski definition) is 5. The average Bonchev–Trinajstić information content (AvgIpc) is 3.49. The third-order valence-electron chi connectivity index (χ3n) is 11.5. The molecule has 0 spiro atoms. The maximum Gasteiger partial charge on any atom is 0.240 e. The van der Waals surface area contributed by atoms with Crippen molar-refractivity contribution in [3.63, 3.8) is 0 Å². The van der Waals surface area contributed by atoms with Gasteiger partial charge < -0.3 is 0 Å². The molecule has 4 aliphatic rings. The highest BCUT2D eigenvalue weighted by molar-refractivity contribution is 6.07. The summed E-state index contributed by atoms with van der Waals surface area (Å²) in [6.45, 7) is 0. The van der Waals surface area contributed by atoms with Crippen molar-refractivity contribution in [2.75, 3.05) is 0 Å². The minimum Gasteiger partial charge on any atom is -0.262 e. The summed E-state index contributed by atoms with van der Waals surface area (Å²) < 4.78 is 2.06. The number of nitriles is 1. The van der Waals surface area contributed by atoms with Crippen LogP contribution in [0.5, 0.6) is 0 Å². The zero-order chi connectivity index (χ0) is 32.5. The summed E-state index contributed by atoms with van der Waals surface area (Å²) >= 11 is 0. The first-order chi connectivity index (χ1) is 24.1. The minimum atomic E-state index is 0.341. The Morgan fingerprint density at radius 3 is 1.78 bits per heavy atom. The van der Waals surface area contributed by atoms with E-state index in [1.54, 1.807) is 0 Å². The molecule has 236 valence electrons. The van der Waals surface area contributed by atoms with Crippen molar-refractivity contribution in [2.45, 2.75) is 43.9 Å². The Balaban J connectivity index is 1.09. The van der Waals surface area contributed by atoms with Gasteiger partial charge in [0.15, 0.2) is 11.6 Å². The van der Waals surface area contributed by atoms with Crippen LogP contribution in [0.1, 0.15) is 49.7 Å². The summed E-state index contributed by atoms with van der Waals surface area (Å²) in [6.07, 6.45) is 10.2. The Hall–Kier alpha value is -5.67. The molecule has 6 heteroatoms. The zero-order valence-corrected chi connectivity index (χ0v) is 27.1. The number of nitrogens with zero attached hydrogens (tertiary/aromatic N) is 6. The van der Waals surface area contributed by atoms with Crippen LogP contribution in [0.15, 0.2) is 115 Å². The lowest BCUT2D eigenvalue weighted by molar-refractivity contribution is -0.00518. The van der Waals surface area contributed by atoms with Crippen molar-refractivity contribution in [2.24, 2.45) is 17.8 Å². The van der Waals surface area contributed by atoms with Gasteiger partial charge in [-0.3, -0.25) is 4.57 Å². The molecule has 3 heterocycles. The van der Waals surface area contributed by atoms with Crippen LogP contribution in [0.2, 0.25) is 0 Å². The molecule has 4 saturated carbocycles. The van der Waals surface area contributed by atoms with E-state index in [1.165, 1.54) is 44.1 Å². The van der Waals surface area contributed by atoms with Crippen LogP contribution in [-0.4, -0.2) is 24.5 Å². The smallest absolute Gasteiger partial charge is 0.240 e. The number of aromatic nitrogens is 5. The lowest BCUT2D eigenvalue weighted by Crippen LogP contribution is -2.48. The maximum absolute atomic E-state index is 9.22. The maximum atomic E-state index is 9.22. The molecule has 0 unspecified atom stereocenters. The standard InChI is InChI=1S/C43H34N6/c44-26-27-7-9-31(10-8-27)32-11-13-33(14-12-32)39-46-40(34-15-17-35(18-16-34)43-23-28-20-29(24-43)22-30(21-28)25-43)48-42(47-39)49-38-6-2-1-4-36(38)37-5-3-19-45-41(37)49/h1-19,28-30H,20-25H2. The molecule has 0 aliphatic heterocycles. The van der Waals surface area contributed by atoms with Gasteiger partial charge in [0.05, 0.1) is 17.1 Å². The molecule has 4 aromatic carbocycles. The van der Waals surface area contributed by atoms with Gasteiger partial charge in [-0.25, -0.2) is 9.97 Å². The first-order valence-electron chi connectivity index (χ1n) is 17.4. The first kappa shape index (κ1) is 28.4. The van der Waals surface area contributed by atoms with Crippen LogP contribution >= 0.6 is 0 Å². The van der Waals surface area contributed by atoms with Crippen molar-refractivity contribution in [1.29, 1.82) is 5.26 Å². The summed E-state index contributed by atoms with van der Waals surface area (Å²) in [6, 6.07) is 39.8. The van der Waals surface area contributed by atoms with E-state index >= 15 is 0 Å². The molecule has 49 heavy (non-hydrogen) atoms. The topological polar surface area (TPSA) is 80.3 Å². The summed E-state index contributed by atoms with van der Waals surface area (Å²) in [5, 5.41) is 11.4. The van der Waals surface area contributed by atoms with Gasteiger partial charge in [0, 0.05) is 28.1 Å². The van der Waals surface area contributed by atoms with Crippen molar-refractivity contribution >= 4 is 21.9 Å². The molecular formula is C43H34N6. The van der Waals surface area contributed by atoms with E-state index in [2.05, 4.69) is 83.4 Å². The van der Waals surface area contributed by atoms with Crippen molar-refractivity contribution in [3.8, 4) is 45.9 Å².